The van der Waals surface area contributed by atoms with Gasteiger partial charge in [0, 0.05) is 57.4 Å². The first kappa shape index (κ1) is 37.0. The van der Waals surface area contributed by atoms with Crippen LogP contribution in [-0.2, 0) is 22.7 Å². The monoisotopic (exact) mass is 695 g/mol. The van der Waals surface area contributed by atoms with Gasteiger partial charge in [-0.2, -0.15) is 5.06 Å². The lowest BCUT2D eigenvalue weighted by molar-refractivity contribution is -0.176. The number of aliphatic hydroxyl groups is 1. The van der Waals surface area contributed by atoms with E-state index in [0.717, 1.165) is 39.9 Å². The quantitative estimate of drug-likeness (QED) is 0.197. The summed E-state index contributed by atoms with van der Waals surface area (Å²) in [5.41, 5.74) is 7.00. The van der Waals surface area contributed by atoms with Gasteiger partial charge in [-0.05, 0) is 95.9 Å². The van der Waals surface area contributed by atoms with Crippen LogP contribution < -0.4 is 20.9 Å². The molecule has 9 nitrogen and oxygen atoms in total. The van der Waals surface area contributed by atoms with Crippen LogP contribution in [0.5, 0.6) is 0 Å². The molecule has 0 aromatic heterocycles. The molecule has 1 saturated heterocycles. The van der Waals surface area contributed by atoms with Gasteiger partial charge in [0.15, 0.2) is 0 Å². The zero-order chi connectivity index (χ0) is 36.6. The van der Waals surface area contributed by atoms with E-state index in [2.05, 4.69) is 74.0 Å². The fourth-order valence-electron chi connectivity index (χ4n) is 9.09. The van der Waals surface area contributed by atoms with Crippen LogP contribution >= 0.6 is 0 Å². The van der Waals surface area contributed by atoms with Crippen molar-refractivity contribution in [3.05, 3.63) is 89.0 Å². The Balaban J connectivity index is 1.29. The van der Waals surface area contributed by atoms with Crippen molar-refractivity contribution in [1.82, 2.24) is 21.0 Å². The lowest BCUT2D eigenvalue weighted by Crippen LogP contribution is -2.62. The number of nitrogens with zero attached hydrogens (tertiary/aromatic N) is 2. The van der Waals surface area contributed by atoms with Crippen LogP contribution in [0.2, 0.25) is 0 Å². The van der Waals surface area contributed by atoms with Gasteiger partial charge >= 0.3 is 0 Å². The van der Waals surface area contributed by atoms with Gasteiger partial charge in [-0.1, -0.05) is 69.3 Å². The third-order valence-corrected chi connectivity index (χ3v) is 12.4. The van der Waals surface area contributed by atoms with E-state index in [1.54, 1.807) is 14.0 Å². The summed E-state index contributed by atoms with van der Waals surface area (Å²) in [5.74, 6) is 0.938. The number of hydrogen-bond donors (Lipinski definition) is 4. The van der Waals surface area contributed by atoms with E-state index < -0.39 is 24.2 Å². The summed E-state index contributed by atoms with van der Waals surface area (Å²) in [6.45, 7) is 12.4. The molecule has 51 heavy (non-hydrogen) atoms. The molecule has 2 amide bonds. The average Bonchev–Trinajstić information content (AvgIpc) is 3.47. The number of nitrogens with one attached hydrogen (secondary N) is 3. The Bertz CT molecular complexity index is 1710. The summed E-state index contributed by atoms with van der Waals surface area (Å²) in [6.07, 6.45) is 1.05. The Hall–Kier alpha value is -3.76. The van der Waals surface area contributed by atoms with E-state index in [9.17, 15) is 14.7 Å². The topological polar surface area (TPSA) is 106 Å². The first-order valence-electron chi connectivity index (χ1n) is 18.6. The maximum atomic E-state index is 14.5. The van der Waals surface area contributed by atoms with Crippen LogP contribution in [0.3, 0.4) is 0 Å². The molecule has 0 radical (unpaired) electrons. The fourth-order valence-corrected chi connectivity index (χ4v) is 9.09. The predicted molar refractivity (Wildman–Crippen MR) is 203 cm³/mol. The maximum Gasteiger partial charge on any atom is 0.251 e. The van der Waals surface area contributed by atoms with Crippen molar-refractivity contribution in [2.75, 3.05) is 32.6 Å². The van der Waals surface area contributed by atoms with Crippen LogP contribution in [0.4, 0.5) is 5.69 Å². The summed E-state index contributed by atoms with van der Waals surface area (Å²) in [4.78, 5) is 35.9. The van der Waals surface area contributed by atoms with E-state index >= 15 is 0 Å². The minimum Gasteiger partial charge on any atom is -0.393 e. The molecule has 9 heteroatoms. The number of anilines is 1. The molecule has 3 aromatic rings. The number of benzene rings is 3. The minimum atomic E-state index is -0.769. The number of aliphatic hydroxyl groups excluding tert-OH is 1. The average molecular weight is 696 g/mol. The Morgan fingerprint density at radius 3 is 2.45 bits per heavy atom. The fraction of sp³-hybridized carbons (Fsp3) is 0.524. The van der Waals surface area contributed by atoms with E-state index in [1.165, 1.54) is 6.42 Å². The number of carbonyl (C=O) groups excluding carboxylic acids is 2. The molecule has 1 aliphatic heterocycles. The summed E-state index contributed by atoms with van der Waals surface area (Å²) >= 11 is 0. The summed E-state index contributed by atoms with van der Waals surface area (Å²) in [6, 6.07) is 21.7. The number of hydrogen-bond acceptors (Lipinski definition) is 7. The highest BCUT2D eigenvalue weighted by molar-refractivity contribution is 5.96. The number of hydroxylamine groups is 2. The van der Waals surface area contributed by atoms with Crippen LogP contribution in [0.15, 0.2) is 66.7 Å². The van der Waals surface area contributed by atoms with Crippen molar-refractivity contribution < 1.29 is 19.5 Å². The van der Waals surface area contributed by atoms with Crippen molar-refractivity contribution in [1.29, 1.82) is 0 Å². The number of fused-ring (bicyclic) bond motifs is 2. The van der Waals surface area contributed by atoms with Gasteiger partial charge < -0.3 is 26.0 Å². The predicted octanol–water partition coefficient (Wildman–Crippen LogP) is 5.55. The van der Waals surface area contributed by atoms with Crippen molar-refractivity contribution >= 4 is 17.5 Å². The Morgan fingerprint density at radius 2 is 1.80 bits per heavy atom. The highest BCUT2D eigenvalue weighted by atomic mass is 16.7. The van der Waals surface area contributed by atoms with Gasteiger partial charge in [-0.15, -0.1) is 0 Å². The standard InChI is InChI=1S/C42H57N5O4/c1-25-29(15-12-16-34(25)30-17-31(40(49)43-6)19-33(18-30)46(7)8)24-47-39(41(50)45-36-21-32-20-35(26(36)2)42(32,4)5)38(27(3)48)37(51-47)23-44-22-28-13-10-9-11-14-28/h9-19,26-27,32,35-39,44,48H,20-24H2,1-8H3,(H,43,49)(H,45,50)/t26-,27-,32-,35+,36-,37-,38+,39-/m0/s1. The molecule has 3 aromatic carbocycles. The van der Waals surface area contributed by atoms with Crippen molar-refractivity contribution in [3.8, 4) is 11.1 Å². The Labute approximate surface area is 304 Å². The molecule has 4 aliphatic rings. The Kier molecular flexibility index (Phi) is 10.9. The third kappa shape index (κ3) is 7.45. The van der Waals surface area contributed by atoms with Crippen LogP contribution in [0, 0.1) is 36.0 Å². The van der Waals surface area contributed by atoms with E-state index in [-0.39, 0.29) is 17.9 Å². The van der Waals surface area contributed by atoms with Crippen LogP contribution in [0.1, 0.15) is 67.6 Å². The van der Waals surface area contributed by atoms with Gasteiger partial charge in [0.05, 0.1) is 18.8 Å². The first-order chi connectivity index (χ1) is 24.3. The molecule has 4 fully saturated rings. The molecule has 3 saturated carbocycles. The molecule has 3 aliphatic carbocycles. The van der Waals surface area contributed by atoms with Gasteiger partial charge in [0.2, 0.25) is 5.91 Å². The highest BCUT2D eigenvalue weighted by Gasteiger charge is 2.57. The zero-order valence-electron chi connectivity index (χ0n) is 31.6. The molecule has 0 spiro atoms. The summed E-state index contributed by atoms with van der Waals surface area (Å²) in [5, 5.41) is 22.8. The molecule has 1 heterocycles. The lowest BCUT2D eigenvalue weighted by Gasteiger charge is -2.62. The second-order valence-electron chi connectivity index (χ2n) is 16.0. The molecule has 274 valence electrons. The van der Waals surface area contributed by atoms with Gasteiger partial charge in [-0.3, -0.25) is 14.4 Å². The number of rotatable bonds is 12. The molecule has 8 atom stereocenters. The minimum absolute atomic E-state index is 0.0786. The van der Waals surface area contributed by atoms with Gasteiger partial charge in [0.1, 0.15) is 6.04 Å². The molecule has 4 N–H and O–H groups in total. The van der Waals surface area contributed by atoms with Crippen molar-refractivity contribution in [2.24, 2.45) is 29.1 Å². The molecule has 7 rings (SSSR count). The third-order valence-electron chi connectivity index (χ3n) is 12.4. The second kappa shape index (κ2) is 15.1. The van der Waals surface area contributed by atoms with E-state index in [1.807, 2.05) is 60.5 Å². The van der Waals surface area contributed by atoms with Crippen LogP contribution in [-0.4, -0.2) is 74.0 Å². The number of carbonyl (C=O) groups is 2. The SMILES string of the molecule is CNC(=O)c1cc(-c2cccc(CN3O[C@@H](CNCc4ccccc4)[C@@H]([C@H](C)O)[C@H]3C(=O)N[C@H]3C[C@@H]4C[C@H]([C@@H]3C)C4(C)C)c2C)cc(N(C)C)c1. The smallest absolute Gasteiger partial charge is 0.251 e. The van der Waals surface area contributed by atoms with Crippen molar-refractivity contribution in [3.63, 3.8) is 0 Å². The Morgan fingerprint density at radius 1 is 1.06 bits per heavy atom. The summed E-state index contributed by atoms with van der Waals surface area (Å²) in [7, 11) is 5.57. The van der Waals surface area contributed by atoms with Gasteiger partial charge in [-0.25, -0.2) is 0 Å². The van der Waals surface area contributed by atoms with Crippen LogP contribution in [0.25, 0.3) is 11.1 Å². The molecular weight excluding hydrogens is 638 g/mol. The largest absolute Gasteiger partial charge is 0.393 e. The molecular formula is C42H57N5O4. The maximum absolute atomic E-state index is 14.5. The zero-order valence-corrected chi connectivity index (χ0v) is 31.6. The first-order valence-corrected chi connectivity index (χ1v) is 18.6. The van der Waals surface area contributed by atoms with E-state index in [0.29, 0.717) is 48.4 Å². The summed E-state index contributed by atoms with van der Waals surface area (Å²) < 4.78 is 0. The van der Waals surface area contributed by atoms with Gasteiger partial charge in [0.25, 0.3) is 5.91 Å². The molecule has 2 bridgehead atoms. The molecule has 0 unspecified atom stereocenters. The number of amides is 2. The lowest BCUT2D eigenvalue weighted by atomic mass is 9.45. The normalized spacial score (nSPS) is 27.4. The second-order valence-corrected chi connectivity index (χ2v) is 16.0. The highest BCUT2D eigenvalue weighted by Crippen LogP contribution is 2.61. The van der Waals surface area contributed by atoms with E-state index in [4.69, 9.17) is 4.84 Å². The van der Waals surface area contributed by atoms with Crippen molar-refractivity contribution in [2.45, 2.75) is 84.8 Å².